The van der Waals surface area contributed by atoms with Gasteiger partial charge in [-0.15, -0.1) is 0 Å². The molecule has 0 heteroatoms. The Bertz CT molecular complexity index is 264. The maximum atomic E-state index is 2.45. The van der Waals surface area contributed by atoms with E-state index < -0.39 is 0 Å². The molecule has 0 amide bonds. The molecule has 0 aromatic carbocycles. The van der Waals surface area contributed by atoms with Gasteiger partial charge in [-0.3, -0.25) is 0 Å². The Morgan fingerprint density at radius 2 is 0.600 bits per heavy atom. The Morgan fingerprint density at radius 3 is 0.840 bits per heavy atom. The Labute approximate surface area is 161 Å². The Balaban J connectivity index is 0.00000192. The quantitative estimate of drug-likeness (QED) is 0.473. The molecule has 0 spiro atoms. The van der Waals surface area contributed by atoms with Crippen molar-refractivity contribution in [2.24, 2.45) is 35.5 Å². The molecule has 0 atom stereocenters. The van der Waals surface area contributed by atoms with Gasteiger partial charge in [-0.25, -0.2) is 0 Å². The molecule has 3 aliphatic rings. The molecule has 25 heavy (non-hydrogen) atoms. The van der Waals surface area contributed by atoms with Crippen molar-refractivity contribution in [1.82, 2.24) is 0 Å². The van der Waals surface area contributed by atoms with Crippen LogP contribution < -0.4 is 0 Å². The summed E-state index contributed by atoms with van der Waals surface area (Å²) >= 11 is 0. The zero-order valence-electron chi connectivity index (χ0n) is 15.4. The van der Waals surface area contributed by atoms with Gasteiger partial charge in [0, 0.05) is 0 Å². The van der Waals surface area contributed by atoms with Gasteiger partial charge in [0.1, 0.15) is 0 Å². The third kappa shape index (κ3) is 8.04. The fourth-order valence-electron chi connectivity index (χ4n) is 5.78. The lowest BCUT2D eigenvalue weighted by Crippen LogP contribution is -2.22. The molecule has 0 saturated heterocycles. The smallest absolute Gasteiger partial charge is 0.0411 e. The first kappa shape index (κ1) is 25.0. The van der Waals surface area contributed by atoms with Gasteiger partial charge in [-0.05, 0) is 48.3 Å². The molecule has 3 saturated carbocycles. The van der Waals surface area contributed by atoms with Crippen LogP contribution in [0.4, 0.5) is 0 Å². The lowest BCUT2D eigenvalue weighted by atomic mass is 9.70. The van der Waals surface area contributed by atoms with Crippen molar-refractivity contribution in [3.8, 4) is 0 Å². The average molecular weight is 353 g/mol. The van der Waals surface area contributed by atoms with Crippen LogP contribution in [0.5, 0.6) is 0 Å². The summed E-state index contributed by atoms with van der Waals surface area (Å²) in [6.45, 7) is 4.90. The average Bonchev–Trinajstić information content (AvgIpc) is 2.54. The van der Waals surface area contributed by atoms with E-state index in [4.69, 9.17) is 0 Å². The van der Waals surface area contributed by atoms with Crippen molar-refractivity contribution < 1.29 is 0 Å². The second kappa shape index (κ2) is 12.4. The summed E-state index contributed by atoms with van der Waals surface area (Å²) in [6, 6.07) is 0. The molecular formula is C25H52. The molecule has 0 bridgehead atoms. The first-order valence-corrected chi connectivity index (χ1v) is 10.7. The van der Waals surface area contributed by atoms with E-state index in [0.717, 1.165) is 35.5 Å². The van der Waals surface area contributed by atoms with Crippen molar-refractivity contribution in [3.05, 3.63) is 0 Å². The third-order valence-electron chi connectivity index (χ3n) is 7.57. The van der Waals surface area contributed by atoms with E-state index in [9.17, 15) is 0 Å². The normalized spacial score (nSPS) is 38.6. The van der Waals surface area contributed by atoms with Gasteiger partial charge in [-0.2, -0.15) is 0 Å². The van der Waals surface area contributed by atoms with E-state index in [0.29, 0.717) is 0 Å². The molecule has 0 aromatic rings. The predicted molar refractivity (Wildman–Crippen MR) is 117 cm³/mol. The van der Waals surface area contributed by atoms with Crippen LogP contribution >= 0.6 is 0 Å². The van der Waals surface area contributed by atoms with Crippen LogP contribution in [0.2, 0.25) is 0 Å². The highest BCUT2D eigenvalue weighted by molar-refractivity contribution is 4.80. The third-order valence-corrected chi connectivity index (χ3v) is 7.57. The van der Waals surface area contributed by atoms with E-state index in [1.807, 2.05) is 0 Å². The lowest BCUT2D eigenvalue weighted by molar-refractivity contribution is 0.168. The molecule has 0 heterocycles. The fourth-order valence-corrected chi connectivity index (χ4v) is 5.78. The maximum Gasteiger partial charge on any atom is -0.0411 e. The summed E-state index contributed by atoms with van der Waals surface area (Å²) in [5.74, 6) is 6.42. The zero-order chi connectivity index (χ0) is 15.4. The summed E-state index contributed by atoms with van der Waals surface area (Å²) in [5, 5.41) is 0. The molecule has 0 aliphatic heterocycles. The van der Waals surface area contributed by atoms with Gasteiger partial charge in [0.05, 0.1) is 0 Å². The minimum atomic E-state index is 0. The Morgan fingerprint density at radius 1 is 0.400 bits per heavy atom. The SMILES string of the molecule is C.C.C.CC1CCC(CC2CCC(CC3CCC(C)CC3)CC2)CC1. The summed E-state index contributed by atoms with van der Waals surface area (Å²) < 4.78 is 0. The van der Waals surface area contributed by atoms with E-state index in [-0.39, 0.29) is 22.3 Å². The molecule has 0 nitrogen and oxygen atoms in total. The molecular weight excluding hydrogens is 300 g/mol. The van der Waals surface area contributed by atoms with Gasteiger partial charge >= 0.3 is 0 Å². The van der Waals surface area contributed by atoms with Crippen LogP contribution in [-0.4, -0.2) is 0 Å². The zero-order valence-corrected chi connectivity index (χ0v) is 15.4. The monoisotopic (exact) mass is 352 g/mol. The van der Waals surface area contributed by atoms with Gasteiger partial charge in [0.15, 0.2) is 0 Å². The van der Waals surface area contributed by atoms with Crippen molar-refractivity contribution in [1.29, 1.82) is 0 Å². The van der Waals surface area contributed by atoms with Crippen LogP contribution in [0.15, 0.2) is 0 Å². The molecule has 0 aromatic heterocycles. The van der Waals surface area contributed by atoms with Crippen molar-refractivity contribution >= 4 is 0 Å². The van der Waals surface area contributed by atoms with E-state index >= 15 is 0 Å². The predicted octanol–water partition coefficient (Wildman–Crippen LogP) is 9.13. The van der Waals surface area contributed by atoms with Gasteiger partial charge in [-0.1, -0.05) is 113 Å². The molecule has 3 aliphatic carbocycles. The van der Waals surface area contributed by atoms with Crippen LogP contribution in [0.3, 0.4) is 0 Å². The number of hydrogen-bond donors (Lipinski definition) is 0. The summed E-state index contributed by atoms with van der Waals surface area (Å²) in [4.78, 5) is 0. The van der Waals surface area contributed by atoms with Crippen LogP contribution in [-0.2, 0) is 0 Å². The fraction of sp³-hybridized carbons (Fsp3) is 1.00. The van der Waals surface area contributed by atoms with Crippen molar-refractivity contribution in [2.45, 2.75) is 126 Å². The lowest BCUT2D eigenvalue weighted by Gasteiger charge is -2.35. The van der Waals surface area contributed by atoms with Crippen molar-refractivity contribution in [2.75, 3.05) is 0 Å². The molecule has 3 fully saturated rings. The minimum absolute atomic E-state index is 0. The van der Waals surface area contributed by atoms with Crippen LogP contribution in [0.25, 0.3) is 0 Å². The molecule has 0 N–H and O–H groups in total. The van der Waals surface area contributed by atoms with E-state index in [1.165, 1.54) is 25.7 Å². The highest BCUT2D eigenvalue weighted by Crippen LogP contribution is 2.41. The van der Waals surface area contributed by atoms with Crippen LogP contribution in [0, 0.1) is 35.5 Å². The molecule has 3 rings (SSSR count). The minimum Gasteiger partial charge on any atom is -0.0776 e. The first-order valence-electron chi connectivity index (χ1n) is 10.7. The van der Waals surface area contributed by atoms with E-state index in [2.05, 4.69) is 13.8 Å². The molecule has 0 radical (unpaired) electrons. The summed E-state index contributed by atoms with van der Waals surface area (Å²) in [7, 11) is 0. The number of rotatable bonds is 4. The standard InChI is InChI=1S/C22H40.3CH4/c1-17-3-7-19(8-4-17)15-21-11-13-22(14-12-21)16-20-9-5-18(2)6-10-20;;;/h17-22H,3-16H2,1-2H3;3*1H4. The van der Waals surface area contributed by atoms with Crippen LogP contribution in [0.1, 0.15) is 126 Å². The largest absolute Gasteiger partial charge is 0.0776 e. The summed E-state index contributed by atoms with van der Waals surface area (Å²) in [5.41, 5.74) is 0. The van der Waals surface area contributed by atoms with Gasteiger partial charge < -0.3 is 0 Å². The highest BCUT2D eigenvalue weighted by atomic mass is 14.3. The molecule has 0 unspecified atom stereocenters. The maximum absolute atomic E-state index is 2.45. The van der Waals surface area contributed by atoms with Gasteiger partial charge in [0.2, 0.25) is 0 Å². The topological polar surface area (TPSA) is 0 Å². The Hall–Kier alpha value is 0. The Kier molecular flexibility index (Phi) is 12.4. The highest BCUT2D eigenvalue weighted by Gasteiger charge is 2.28. The molecule has 152 valence electrons. The first-order chi connectivity index (χ1) is 10.7. The summed E-state index contributed by atoms with van der Waals surface area (Å²) in [6.07, 6.45) is 21.7. The second-order valence-electron chi connectivity index (χ2n) is 9.61. The van der Waals surface area contributed by atoms with Gasteiger partial charge in [0.25, 0.3) is 0 Å². The van der Waals surface area contributed by atoms with Crippen molar-refractivity contribution in [3.63, 3.8) is 0 Å². The number of hydrogen-bond acceptors (Lipinski definition) is 0. The second-order valence-corrected chi connectivity index (χ2v) is 9.61. The van der Waals surface area contributed by atoms with E-state index in [1.54, 1.807) is 64.2 Å².